The maximum Gasteiger partial charge on any atom is 0.259 e. The summed E-state index contributed by atoms with van der Waals surface area (Å²) in [4.78, 5) is 18.9. The summed E-state index contributed by atoms with van der Waals surface area (Å²) in [7, 11) is 3.85. The molecule has 3 aromatic rings. The zero-order valence-electron chi connectivity index (χ0n) is 15.3. The van der Waals surface area contributed by atoms with Crippen LogP contribution in [0.3, 0.4) is 0 Å². The van der Waals surface area contributed by atoms with Crippen LogP contribution in [0.25, 0.3) is 0 Å². The van der Waals surface area contributed by atoms with Crippen LogP contribution in [0.4, 0.5) is 11.5 Å². The van der Waals surface area contributed by atoms with E-state index >= 15 is 0 Å². The Kier molecular flexibility index (Phi) is 5.31. The van der Waals surface area contributed by atoms with Gasteiger partial charge in [0, 0.05) is 14.1 Å². The van der Waals surface area contributed by atoms with Gasteiger partial charge in [-0.15, -0.1) is 0 Å². The van der Waals surface area contributed by atoms with Crippen molar-refractivity contribution in [3.05, 3.63) is 71.7 Å². The Labute approximate surface area is 153 Å². The van der Waals surface area contributed by atoms with Gasteiger partial charge in [-0.05, 0) is 24.1 Å². The third-order valence-corrected chi connectivity index (χ3v) is 4.17. The van der Waals surface area contributed by atoms with Crippen molar-refractivity contribution in [2.75, 3.05) is 24.3 Å². The lowest BCUT2D eigenvalue weighted by Crippen LogP contribution is -2.15. The Morgan fingerprint density at radius 1 is 1.12 bits per heavy atom. The molecule has 0 aliphatic carbocycles. The van der Waals surface area contributed by atoms with E-state index in [-0.39, 0.29) is 5.91 Å². The Balaban J connectivity index is 1.77. The molecule has 0 unspecified atom stereocenters. The molecule has 3 rings (SSSR count). The van der Waals surface area contributed by atoms with Crippen LogP contribution in [0.5, 0.6) is 0 Å². The first kappa shape index (κ1) is 17.7. The zero-order valence-corrected chi connectivity index (χ0v) is 15.3. The van der Waals surface area contributed by atoms with Gasteiger partial charge in [-0.25, -0.2) is 4.98 Å². The van der Waals surface area contributed by atoms with Gasteiger partial charge in [0.25, 0.3) is 5.91 Å². The number of amides is 1. The second kappa shape index (κ2) is 7.82. The Morgan fingerprint density at radius 2 is 1.88 bits per heavy atom. The molecule has 0 aliphatic rings. The molecule has 0 spiro atoms. The van der Waals surface area contributed by atoms with Gasteiger partial charge in [0.1, 0.15) is 5.82 Å². The van der Waals surface area contributed by atoms with E-state index in [0.29, 0.717) is 17.8 Å². The number of benzene rings is 1. The lowest BCUT2D eigenvalue weighted by atomic mass is 10.1. The molecule has 134 valence electrons. The largest absolute Gasteiger partial charge is 0.363 e. The number of rotatable bonds is 6. The lowest BCUT2D eigenvalue weighted by Gasteiger charge is -2.12. The standard InChI is InChI=1S/C20H23N5O/c1-4-18-17(13-22-25(18)14-15-8-6-5-7-9-15)20(26)23-16-10-11-19(21-12-16)24(2)3/h5-13H,4,14H2,1-3H3,(H,23,26). The van der Waals surface area contributed by atoms with Crippen molar-refractivity contribution >= 4 is 17.4 Å². The molecule has 1 N–H and O–H groups in total. The van der Waals surface area contributed by atoms with E-state index in [4.69, 9.17) is 0 Å². The van der Waals surface area contributed by atoms with E-state index in [1.54, 1.807) is 12.4 Å². The van der Waals surface area contributed by atoms with Gasteiger partial charge in [-0.3, -0.25) is 9.48 Å². The fourth-order valence-corrected chi connectivity index (χ4v) is 2.79. The van der Waals surface area contributed by atoms with Gasteiger partial charge in [0.05, 0.1) is 35.9 Å². The number of pyridine rings is 1. The van der Waals surface area contributed by atoms with Crippen LogP contribution in [-0.2, 0) is 13.0 Å². The third kappa shape index (κ3) is 3.91. The second-order valence-electron chi connectivity index (χ2n) is 6.26. The average molecular weight is 349 g/mol. The van der Waals surface area contributed by atoms with Gasteiger partial charge in [0.15, 0.2) is 0 Å². The van der Waals surface area contributed by atoms with Crippen LogP contribution in [0.2, 0.25) is 0 Å². The maximum atomic E-state index is 12.7. The highest BCUT2D eigenvalue weighted by Gasteiger charge is 2.16. The van der Waals surface area contributed by atoms with E-state index in [1.807, 2.05) is 60.9 Å². The van der Waals surface area contributed by atoms with E-state index < -0.39 is 0 Å². The molecule has 2 heterocycles. The van der Waals surface area contributed by atoms with Crippen molar-refractivity contribution in [2.45, 2.75) is 19.9 Å². The zero-order chi connectivity index (χ0) is 18.5. The molecule has 0 saturated carbocycles. The summed E-state index contributed by atoms with van der Waals surface area (Å²) in [6, 6.07) is 13.8. The molecule has 0 radical (unpaired) electrons. The maximum absolute atomic E-state index is 12.7. The third-order valence-electron chi connectivity index (χ3n) is 4.17. The predicted octanol–water partition coefficient (Wildman–Crippen LogP) is 3.21. The molecule has 6 nitrogen and oxygen atoms in total. The molecule has 0 aliphatic heterocycles. The monoisotopic (exact) mass is 349 g/mol. The van der Waals surface area contributed by atoms with E-state index in [2.05, 4.69) is 27.5 Å². The number of nitrogens with zero attached hydrogens (tertiary/aromatic N) is 4. The van der Waals surface area contributed by atoms with Crippen molar-refractivity contribution in [3.63, 3.8) is 0 Å². The smallest absolute Gasteiger partial charge is 0.259 e. The van der Waals surface area contributed by atoms with Crippen LogP contribution >= 0.6 is 0 Å². The van der Waals surface area contributed by atoms with E-state index in [0.717, 1.165) is 23.5 Å². The van der Waals surface area contributed by atoms with Crippen LogP contribution in [0.1, 0.15) is 28.5 Å². The number of hydrogen-bond donors (Lipinski definition) is 1. The molecule has 1 aromatic carbocycles. The van der Waals surface area contributed by atoms with Crippen LogP contribution in [0, 0.1) is 0 Å². The summed E-state index contributed by atoms with van der Waals surface area (Å²) in [5.41, 5.74) is 3.34. The topological polar surface area (TPSA) is 63.1 Å². The van der Waals surface area contributed by atoms with Gasteiger partial charge < -0.3 is 10.2 Å². The van der Waals surface area contributed by atoms with E-state index in [1.165, 1.54) is 0 Å². The number of carbonyl (C=O) groups excluding carboxylic acids is 1. The quantitative estimate of drug-likeness (QED) is 0.742. The molecule has 2 aromatic heterocycles. The van der Waals surface area contributed by atoms with Gasteiger partial charge in [0.2, 0.25) is 0 Å². The predicted molar refractivity (Wildman–Crippen MR) is 104 cm³/mol. The number of carbonyl (C=O) groups is 1. The lowest BCUT2D eigenvalue weighted by molar-refractivity contribution is 0.102. The molecule has 0 saturated heterocycles. The van der Waals surface area contributed by atoms with Crippen LogP contribution < -0.4 is 10.2 Å². The van der Waals surface area contributed by atoms with Crippen molar-refractivity contribution in [1.82, 2.24) is 14.8 Å². The molecule has 6 heteroatoms. The molecule has 1 amide bonds. The van der Waals surface area contributed by atoms with Gasteiger partial charge >= 0.3 is 0 Å². The van der Waals surface area contributed by atoms with Gasteiger partial charge in [-0.1, -0.05) is 37.3 Å². The summed E-state index contributed by atoms with van der Waals surface area (Å²) in [5.74, 6) is 0.675. The molecular formula is C20H23N5O. The number of aromatic nitrogens is 3. The minimum Gasteiger partial charge on any atom is -0.363 e. The molecular weight excluding hydrogens is 326 g/mol. The minimum absolute atomic E-state index is 0.166. The van der Waals surface area contributed by atoms with E-state index in [9.17, 15) is 4.79 Å². The summed E-state index contributed by atoms with van der Waals surface area (Å²) < 4.78 is 1.89. The SMILES string of the molecule is CCc1c(C(=O)Nc2ccc(N(C)C)nc2)cnn1Cc1ccccc1. The number of anilines is 2. The van der Waals surface area contributed by atoms with Gasteiger partial charge in [-0.2, -0.15) is 5.10 Å². The Morgan fingerprint density at radius 3 is 2.50 bits per heavy atom. The number of nitrogens with one attached hydrogen (secondary N) is 1. The van der Waals surface area contributed by atoms with Crippen molar-refractivity contribution in [2.24, 2.45) is 0 Å². The molecule has 0 bridgehead atoms. The summed E-state index contributed by atoms with van der Waals surface area (Å²) in [6.45, 7) is 2.68. The summed E-state index contributed by atoms with van der Waals surface area (Å²) in [5, 5.41) is 7.32. The Hall–Kier alpha value is -3.15. The van der Waals surface area contributed by atoms with Crippen LogP contribution in [0.15, 0.2) is 54.9 Å². The van der Waals surface area contributed by atoms with Crippen molar-refractivity contribution in [1.29, 1.82) is 0 Å². The normalized spacial score (nSPS) is 10.6. The fourth-order valence-electron chi connectivity index (χ4n) is 2.79. The van der Waals surface area contributed by atoms with Crippen molar-refractivity contribution in [3.8, 4) is 0 Å². The first-order valence-electron chi connectivity index (χ1n) is 8.61. The molecule has 0 atom stereocenters. The highest BCUT2D eigenvalue weighted by molar-refractivity contribution is 6.04. The highest BCUT2D eigenvalue weighted by Crippen LogP contribution is 2.16. The fraction of sp³-hybridized carbons (Fsp3) is 0.250. The second-order valence-corrected chi connectivity index (χ2v) is 6.26. The summed E-state index contributed by atoms with van der Waals surface area (Å²) in [6.07, 6.45) is 4.03. The van der Waals surface area contributed by atoms with Crippen molar-refractivity contribution < 1.29 is 4.79 Å². The molecule has 0 fully saturated rings. The number of hydrogen-bond acceptors (Lipinski definition) is 4. The first-order valence-corrected chi connectivity index (χ1v) is 8.61. The minimum atomic E-state index is -0.166. The van der Waals surface area contributed by atoms with Crippen LogP contribution in [-0.4, -0.2) is 34.8 Å². The highest BCUT2D eigenvalue weighted by atomic mass is 16.1. The average Bonchev–Trinajstić information content (AvgIpc) is 3.05. The Bertz CT molecular complexity index is 869. The molecule has 26 heavy (non-hydrogen) atoms. The first-order chi connectivity index (χ1) is 12.6. The summed E-state index contributed by atoms with van der Waals surface area (Å²) >= 11 is 0.